The number of carbonyl (C=O) groups excluding carboxylic acids is 4. The number of thiophene rings is 1. The van der Waals surface area contributed by atoms with Gasteiger partial charge < -0.3 is 15.1 Å². The van der Waals surface area contributed by atoms with Gasteiger partial charge in [0.15, 0.2) is 0 Å². The number of nitrogens with zero attached hydrogens (tertiary/aromatic N) is 3. The third-order valence-electron chi connectivity index (χ3n) is 5.69. The number of piperazine rings is 1. The Kier molecular flexibility index (Phi) is 6.15. The number of imide groups is 1. The molecular formula is C21H20Cl2N4O4S. The lowest BCUT2D eigenvalue weighted by Gasteiger charge is -2.35. The summed E-state index contributed by atoms with van der Waals surface area (Å²) in [4.78, 5) is 55.7. The average Bonchev–Trinajstić information content (AvgIpc) is 3.37. The highest BCUT2D eigenvalue weighted by Gasteiger charge is 2.50. The zero-order valence-electron chi connectivity index (χ0n) is 17.1. The lowest BCUT2D eigenvalue weighted by Crippen LogP contribution is -2.53. The van der Waals surface area contributed by atoms with E-state index in [1.165, 1.54) is 17.4 Å². The van der Waals surface area contributed by atoms with Crippen molar-refractivity contribution in [3.8, 4) is 0 Å². The molecule has 0 bridgehead atoms. The Labute approximate surface area is 198 Å². The molecule has 1 atom stereocenters. The van der Waals surface area contributed by atoms with Crippen LogP contribution in [0.15, 0.2) is 35.7 Å². The molecule has 32 heavy (non-hydrogen) atoms. The molecule has 2 aliphatic rings. The normalized spacial score (nSPS) is 21.2. The van der Waals surface area contributed by atoms with Crippen molar-refractivity contribution in [3.63, 3.8) is 0 Å². The van der Waals surface area contributed by atoms with E-state index in [4.69, 9.17) is 23.2 Å². The number of hydrogen-bond acceptors (Lipinski definition) is 5. The standard InChI is InChI=1S/C21H20Cl2N4O4S/c1-21(14-5-4-13(22)11-15(14)23)19(30)27(20(31)24-21)12-17(28)25-6-8-26(9-7-25)18(29)16-3-2-10-32-16/h2-5,10-11H,6-9,12H2,1H3,(H,24,31). The fourth-order valence-corrected chi connectivity index (χ4v) is 5.16. The van der Waals surface area contributed by atoms with Crippen LogP contribution >= 0.6 is 34.5 Å². The van der Waals surface area contributed by atoms with E-state index in [0.29, 0.717) is 41.6 Å². The van der Waals surface area contributed by atoms with Crippen LogP contribution in [0.25, 0.3) is 0 Å². The highest BCUT2D eigenvalue weighted by atomic mass is 35.5. The molecule has 8 nitrogen and oxygen atoms in total. The highest BCUT2D eigenvalue weighted by molar-refractivity contribution is 7.12. The molecule has 4 rings (SSSR count). The maximum Gasteiger partial charge on any atom is 0.325 e. The van der Waals surface area contributed by atoms with Crippen LogP contribution in [0.1, 0.15) is 22.2 Å². The second-order valence-corrected chi connectivity index (χ2v) is 9.51. The predicted octanol–water partition coefficient (Wildman–Crippen LogP) is 2.81. The van der Waals surface area contributed by atoms with E-state index in [1.54, 1.807) is 34.9 Å². The molecular weight excluding hydrogens is 475 g/mol. The molecule has 0 saturated carbocycles. The van der Waals surface area contributed by atoms with Crippen molar-refractivity contribution in [1.29, 1.82) is 0 Å². The van der Waals surface area contributed by atoms with Gasteiger partial charge in [-0.2, -0.15) is 0 Å². The molecule has 0 spiro atoms. The number of halogens is 2. The first-order valence-corrected chi connectivity index (χ1v) is 11.5. The number of benzene rings is 1. The van der Waals surface area contributed by atoms with E-state index in [9.17, 15) is 19.2 Å². The van der Waals surface area contributed by atoms with Crippen molar-refractivity contribution < 1.29 is 19.2 Å². The topological polar surface area (TPSA) is 90.0 Å². The number of hydrogen-bond donors (Lipinski definition) is 1. The summed E-state index contributed by atoms with van der Waals surface area (Å²) in [6.07, 6.45) is 0. The summed E-state index contributed by atoms with van der Waals surface area (Å²) in [5.74, 6) is -0.980. The minimum atomic E-state index is -1.40. The van der Waals surface area contributed by atoms with Crippen molar-refractivity contribution >= 4 is 58.3 Å². The van der Waals surface area contributed by atoms with Crippen LogP contribution in [0.3, 0.4) is 0 Å². The van der Waals surface area contributed by atoms with E-state index in [1.807, 2.05) is 11.4 Å². The Hall–Kier alpha value is -2.62. The van der Waals surface area contributed by atoms with E-state index in [0.717, 1.165) is 4.90 Å². The van der Waals surface area contributed by atoms with Gasteiger partial charge in [-0.05, 0) is 30.5 Å². The SMILES string of the molecule is CC1(c2ccc(Cl)cc2Cl)NC(=O)N(CC(=O)N2CCN(C(=O)c3cccs3)CC2)C1=O. The Morgan fingerprint density at radius 3 is 2.41 bits per heavy atom. The van der Waals surface area contributed by atoms with Crippen LogP contribution in [0, 0.1) is 0 Å². The fourth-order valence-electron chi connectivity index (χ4n) is 3.87. The van der Waals surface area contributed by atoms with Crippen molar-refractivity contribution in [2.24, 2.45) is 0 Å². The van der Waals surface area contributed by atoms with E-state index >= 15 is 0 Å². The van der Waals surface area contributed by atoms with Crippen LogP contribution in [-0.4, -0.2) is 71.2 Å². The number of urea groups is 1. The molecule has 1 aromatic heterocycles. The second-order valence-electron chi connectivity index (χ2n) is 7.72. The molecule has 0 radical (unpaired) electrons. The average molecular weight is 495 g/mol. The van der Waals surface area contributed by atoms with Gasteiger partial charge in [0.25, 0.3) is 11.8 Å². The minimum absolute atomic E-state index is 0.0585. The van der Waals surface area contributed by atoms with Crippen LogP contribution in [0.2, 0.25) is 10.0 Å². The van der Waals surface area contributed by atoms with Gasteiger partial charge in [0, 0.05) is 41.8 Å². The molecule has 2 fully saturated rings. The number of amides is 5. The quantitative estimate of drug-likeness (QED) is 0.661. The summed E-state index contributed by atoms with van der Waals surface area (Å²) in [6, 6.07) is 7.58. The molecule has 2 aliphatic heterocycles. The molecule has 5 amide bonds. The zero-order chi connectivity index (χ0) is 23.0. The van der Waals surface area contributed by atoms with E-state index < -0.39 is 17.5 Å². The Balaban J connectivity index is 1.40. The lowest BCUT2D eigenvalue weighted by molar-refractivity contribution is -0.139. The first kappa shape index (κ1) is 22.6. The number of carbonyl (C=O) groups is 4. The summed E-state index contributed by atoms with van der Waals surface area (Å²) < 4.78 is 0. The van der Waals surface area contributed by atoms with Gasteiger partial charge in [0.2, 0.25) is 5.91 Å². The van der Waals surface area contributed by atoms with Crippen LogP contribution in [-0.2, 0) is 15.1 Å². The minimum Gasteiger partial charge on any atom is -0.338 e. The third-order valence-corrected chi connectivity index (χ3v) is 7.10. The Morgan fingerprint density at radius 1 is 1.09 bits per heavy atom. The molecule has 1 unspecified atom stereocenters. The maximum atomic E-state index is 13.1. The summed E-state index contributed by atoms with van der Waals surface area (Å²) >= 11 is 13.6. The van der Waals surface area contributed by atoms with Crippen molar-refractivity contribution in [1.82, 2.24) is 20.0 Å². The predicted molar refractivity (Wildman–Crippen MR) is 121 cm³/mol. The molecule has 168 valence electrons. The van der Waals surface area contributed by atoms with Gasteiger partial charge in [-0.3, -0.25) is 19.3 Å². The molecule has 11 heteroatoms. The number of rotatable bonds is 4. The molecule has 3 heterocycles. The van der Waals surface area contributed by atoms with Crippen LogP contribution < -0.4 is 5.32 Å². The Morgan fingerprint density at radius 2 is 1.78 bits per heavy atom. The number of nitrogens with one attached hydrogen (secondary N) is 1. The zero-order valence-corrected chi connectivity index (χ0v) is 19.5. The van der Waals surface area contributed by atoms with Gasteiger partial charge in [-0.25, -0.2) is 4.79 Å². The van der Waals surface area contributed by atoms with Crippen molar-refractivity contribution in [3.05, 3.63) is 56.2 Å². The monoisotopic (exact) mass is 494 g/mol. The summed E-state index contributed by atoms with van der Waals surface area (Å²) in [5.41, 5.74) is -0.997. The summed E-state index contributed by atoms with van der Waals surface area (Å²) in [6.45, 7) is 2.60. The molecule has 2 aromatic rings. The van der Waals surface area contributed by atoms with Crippen LogP contribution in [0.4, 0.5) is 4.79 Å². The second kappa shape index (κ2) is 8.73. The Bertz CT molecular complexity index is 1090. The van der Waals surface area contributed by atoms with Crippen molar-refractivity contribution in [2.45, 2.75) is 12.5 Å². The lowest BCUT2D eigenvalue weighted by atomic mass is 9.92. The van der Waals surface area contributed by atoms with E-state index in [2.05, 4.69) is 5.32 Å². The van der Waals surface area contributed by atoms with Gasteiger partial charge in [-0.1, -0.05) is 35.3 Å². The third kappa shape index (κ3) is 4.07. The molecule has 2 saturated heterocycles. The molecule has 1 aromatic carbocycles. The van der Waals surface area contributed by atoms with Gasteiger partial charge in [0.1, 0.15) is 12.1 Å². The van der Waals surface area contributed by atoms with Gasteiger partial charge in [0.05, 0.1) is 4.88 Å². The maximum absolute atomic E-state index is 13.1. The van der Waals surface area contributed by atoms with Gasteiger partial charge in [-0.15, -0.1) is 11.3 Å². The fraction of sp³-hybridized carbons (Fsp3) is 0.333. The smallest absolute Gasteiger partial charge is 0.325 e. The first-order chi connectivity index (χ1) is 15.2. The highest BCUT2D eigenvalue weighted by Crippen LogP contribution is 2.35. The van der Waals surface area contributed by atoms with Crippen molar-refractivity contribution in [2.75, 3.05) is 32.7 Å². The molecule has 0 aliphatic carbocycles. The van der Waals surface area contributed by atoms with Crippen LogP contribution in [0.5, 0.6) is 0 Å². The summed E-state index contributed by atoms with van der Waals surface area (Å²) in [7, 11) is 0. The van der Waals surface area contributed by atoms with E-state index in [-0.39, 0.29) is 23.4 Å². The van der Waals surface area contributed by atoms with Gasteiger partial charge >= 0.3 is 6.03 Å². The molecule has 1 N–H and O–H groups in total. The first-order valence-electron chi connectivity index (χ1n) is 9.91. The largest absolute Gasteiger partial charge is 0.338 e. The summed E-state index contributed by atoms with van der Waals surface area (Å²) in [5, 5.41) is 5.13.